The summed E-state index contributed by atoms with van der Waals surface area (Å²) in [6, 6.07) is 9.34. The predicted octanol–water partition coefficient (Wildman–Crippen LogP) is 1.79. The molecule has 0 saturated heterocycles. The standard InChI is InChI=1S/C18H21NO7S/c1-19(10-14(20)12-4-6-15(23-2)17(8-12)24-3)27(21,22)13-5-7-16-18(9-13)26-11-25-16/h4-9,14,20H,10-11H2,1-3H3. The molecule has 27 heavy (non-hydrogen) atoms. The third-order valence-electron chi connectivity index (χ3n) is 4.27. The topological polar surface area (TPSA) is 94.5 Å². The fourth-order valence-corrected chi connectivity index (χ4v) is 3.92. The minimum absolute atomic E-state index is 0.0622. The van der Waals surface area contributed by atoms with Crippen molar-refractivity contribution >= 4 is 10.0 Å². The van der Waals surface area contributed by atoms with E-state index in [9.17, 15) is 13.5 Å². The van der Waals surface area contributed by atoms with E-state index in [1.165, 1.54) is 33.4 Å². The number of hydrogen-bond donors (Lipinski definition) is 1. The van der Waals surface area contributed by atoms with Gasteiger partial charge in [0.15, 0.2) is 23.0 Å². The van der Waals surface area contributed by atoms with E-state index in [0.717, 1.165) is 4.31 Å². The summed E-state index contributed by atoms with van der Waals surface area (Å²) in [5.74, 6) is 1.86. The molecular formula is C18H21NO7S. The number of rotatable bonds is 7. The molecule has 0 amide bonds. The number of hydrogen-bond acceptors (Lipinski definition) is 7. The minimum atomic E-state index is -3.81. The van der Waals surface area contributed by atoms with Gasteiger partial charge in [0.05, 0.1) is 25.2 Å². The number of fused-ring (bicyclic) bond motifs is 1. The van der Waals surface area contributed by atoms with Crippen LogP contribution in [0.5, 0.6) is 23.0 Å². The molecule has 9 heteroatoms. The maximum Gasteiger partial charge on any atom is 0.243 e. The van der Waals surface area contributed by atoms with Gasteiger partial charge in [0.25, 0.3) is 0 Å². The van der Waals surface area contributed by atoms with Gasteiger partial charge >= 0.3 is 0 Å². The van der Waals surface area contributed by atoms with Crippen molar-refractivity contribution in [3.05, 3.63) is 42.0 Å². The molecule has 1 aliphatic heterocycles. The minimum Gasteiger partial charge on any atom is -0.493 e. The summed E-state index contributed by atoms with van der Waals surface area (Å²) in [5.41, 5.74) is 0.514. The monoisotopic (exact) mass is 395 g/mol. The van der Waals surface area contributed by atoms with Crippen molar-refractivity contribution in [1.82, 2.24) is 4.31 Å². The van der Waals surface area contributed by atoms with E-state index in [2.05, 4.69) is 0 Å². The normalized spacial score (nSPS) is 14.3. The van der Waals surface area contributed by atoms with Crippen molar-refractivity contribution in [2.45, 2.75) is 11.0 Å². The van der Waals surface area contributed by atoms with E-state index in [4.69, 9.17) is 18.9 Å². The second-order valence-corrected chi connectivity index (χ2v) is 7.98. The van der Waals surface area contributed by atoms with E-state index >= 15 is 0 Å². The Kier molecular flexibility index (Phi) is 5.45. The Bertz CT molecular complexity index is 929. The number of likely N-dealkylation sites (N-methyl/N-ethyl adjacent to an activating group) is 1. The van der Waals surface area contributed by atoms with Gasteiger partial charge in [0.1, 0.15) is 0 Å². The summed E-state index contributed by atoms with van der Waals surface area (Å²) in [7, 11) is 0.600. The van der Waals surface area contributed by atoms with Crippen LogP contribution in [0.15, 0.2) is 41.3 Å². The molecule has 1 atom stereocenters. The molecule has 0 bridgehead atoms. The maximum atomic E-state index is 12.8. The first-order valence-corrected chi connectivity index (χ1v) is 9.57. The Hall–Kier alpha value is -2.49. The van der Waals surface area contributed by atoms with Gasteiger partial charge in [-0.1, -0.05) is 6.07 Å². The average molecular weight is 395 g/mol. The van der Waals surface area contributed by atoms with Crippen molar-refractivity contribution < 1.29 is 32.5 Å². The van der Waals surface area contributed by atoms with Crippen LogP contribution in [0.2, 0.25) is 0 Å². The van der Waals surface area contributed by atoms with Gasteiger partial charge in [0.2, 0.25) is 16.8 Å². The van der Waals surface area contributed by atoms with Gasteiger partial charge in [-0.05, 0) is 29.8 Å². The molecule has 8 nitrogen and oxygen atoms in total. The van der Waals surface area contributed by atoms with Crippen LogP contribution < -0.4 is 18.9 Å². The van der Waals surface area contributed by atoms with Crippen LogP contribution in [0.1, 0.15) is 11.7 Å². The van der Waals surface area contributed by atoms with Crippen LogP contribution in [-0.4, -0.2) is 52.4 Å². The number of ether oxygens (including phenoxy) is 4. The van der Waals surface area contributed by atoms with Gasteiger partial charge in [-0.2, -0.15) is 4.31 Å². The van der Waals surface area contributed by atoms with Crippen LogP contribution in [0.4, 0.5) is 0 Å². The molecule has 3 rings (SSSR count). The summed E-state index contributed by atoms with van der Waals surface area (Å²) in [5, 5.41) is 10.5. The van der Waals surface area contributed by atoms with Crippen LogP contribution in [0, 0.1) is 0 Å². The molecule has 2 aromatic rings. The lowest BCUT2D eigenvalue weighted by Crippen LogP contribution is -2.31. The summed E-state index contributed by atoms with van der Waals surface area (Å²) in [4.78, 5) is 0.0637. The highest BCUT2D eigenvalue weighted by Crippen LogP contribution is 2.35. The van der Waals surface area contributed by atoms with Crippen molar-refractivity contribution in [3.63, 3.8) is 0 Å². The van der Waals surface area contributed by atoms with Gasteiger partial charge in [0, 0.05) is 19.7 Å². The number of methoxy groups -OCH3 is 2. The molecule has 1 heterocycles. The number of sulfonamides is 1. The molecule has 0 saturated carbocycles. The maximum absolute atomic E-state index is 12.8. The molecular weight excluding hydrogens is 374 g/mol. The second-order valence-electron chi connectivity index (χ2n) is 5.93. The number of benzene rings is 2. The Balaban J connectivity index is 1.78. The Morgan fingerprint density at radius 1 is 1.07 bits per heavy atom. The van der Waals surface area contributed by atoms with E-state index in [-0.39, 0.29) is 18.2 Å². The first kappa shape index (κ1) is 19.3. The second kappa shape index (κ2) is 7.63. The zero-order valence-corrected chi connectivity index (χ0v) is 16.0. The van der Waals surface area contributed by atoms with E-state index in [0.29, 0.717) is 28.6 Å². The van der Waals surface area contributed by atoms with E-state index < -0.39 is 16.1 Å². The Morgan fingerprint density at radius 3 is 2.48 bits per heavy atom. The highest BCUT2D eigenvalue weighted by atomic mass is 32.2. The largest absolute Gasteiger partial charge is 0.493 e. The lowest BCUT2D eigenvalue weighted by molar-refractivity contribution is 0.154. The van der Waals surface area contributed by atoms with Crippen LogP contribution in [0.3, 0.4) is 0 Å². The molecule has 0 radical (unpaired) electrons. The van der Waals surface area contributed by atoms with Gasteiger partial charge in [-0.25, -0.2) is 8.42 Å². The summed E-state index contributed by atoms with van der Waals surface area (Å²) >= 11 is 0. The molecule has 1 N–H and O–H groups in total. The van der Waals surface area contributed by atoms with Crippen molar-refractivity contribution in [3.8, 4) is 23.0 Å². The van der Waals surface area contributed by atoms with Crippen LogP contribution in [0.25, 0.3) is 0 Å². The van der Waals surface area contributed by atoms with Crippen molar-refractivity contribution in [1.29, 1.82) is 0 Å². The molecule has 0 aromatic heterocycles. The lowest BCUT2D eigenvalue weighted by atomic mass is 10.1. The van der Waals surface area contributed by atoms with Gasteiger partial charge in [-0.15, -0.1) is 0 Å². The quantitative estimate of drug-likeness (QED) is 0.764. The third kappa shape index (κ3) is 3.80. The zero-order chi connectivity index (χ0) is 19.6. The Labute approximate surface area is 157 Å². The SMILES string of the molecule is COc1ccc(C(O)CN(C)S(=O)(=O)c2ccc3c(c2)OCO3)cc1OC. The first-order valence-electron chi connectivity index (χ1n) is 8.13. The van der Waals surface area contributed by atoms with Crippen molar-refractivity contribution in [2.24, 2.45) is 0 Å². The van der Waals surface area contributed by atoms with Gasteiger partial charge in [-0.3, -0.25) is 0 Å². The number of nitrogens with zero attached hydrogens (tertiary/aromatic N) is 1. The lowest BCUT2D eigenvalue weighted by Gasteiger charge is -2.21. The highest BCUT2D eigenvalue weighted by molar-refractivity contribution is 7.89. The predicted molar refractivity (Wildman–Crippen MR) is 96.9 cm³/mol. The van der Waals surface area contributed by atoms with Gasteiger partial charge < -0.3 is 24.1 Å². The van der Waals surface area contributed by atoms with E-state index in [1.807, 2.05) is 0 Å². The highest BCUT2D eigenvalue weighted by Gasteiger charge is 2.26. The summed E-state index contributed by atoms with van der Waals surface area (Å²) < 4.78 is 47.5. The zero-order valence-electron chi connectivity index (χ0n) is 15.2. The fourth-order valence-electron chi connectivity index (χ4n) is 2.72. The van der Waals surface area contributed by atoms with E-state index in [1.54, 1.807) is 24.3 Å². The Morgan fingerprint density at radius 2 is 1.78 bits per heavy atom. The first-order chi connectivity index (χ1) is 12.9. The molecule has 0 fully saturated rings. The van der Waals surface area contributed by atoms with Crippen molar-refractivity contribution in [2.75, 3.05) is 34.6 Å². The number of aliphatic hydroxyl groups is 1. The summed E-state index contributed by atoms with van der Waals surface area (Å²) in [6.07, 6.45) is -1.04. The fraction of sp³-hybridized carbons (Fsp3) is 0.333. The molecule has 0 aliphatic carbocycles. The molecule has 0 spiro atoms. The molecule has 2 aromatic carbocycles. The van der Waals surface area contributed by atoms with Crippen LogP contribution in [-0.2, 0) is 10.0 Å². The smallest absolute Gasteiger partial charge is 0.243 e. The molecule has 1 aliphatic rings. The average Bonchev–Trinajstić information content (AvgIpc) is 3.15. The summed E-state index contributed by atoms with van der Waals surface area (Å²) in [6.45, 7) is -0.0705. The third-order valence-corrected chi connectivity index (χ3v) is 6.09. The molecule has 1 unspecified atom stereocenters. The molecule has 146 valence electrons. The van der Waals surface area contributed by atoms with Crippen LogP contribution >= 0.6 is 0 Å². The number of aliphatic hydroxyl groups excluding tert-OH is 1.